The van der Waals surface area contributed by atoms with Crippen LogP contribution in [0.15, 0.2) is 35.4 Å². The van der Waals surface area contributed by atoms with Crippen LogP contribution in [0.25, 0.3) is 5.57 Å². The van der Waals surface area contributed by atoms with Gasteiger partial charge in [0.15, 0.2) is 0 Å². The summed E-state index contributed by atoms with van der Waals surface area (Å²) in [6, 6.07) is 4.82. The van der Waals surface area contributed by atoms with Gasteiger partial charge in [-0.05, 0) is 47.8 Å². The molecule has 0 fully saturated rings. The smallest absolute Gasteiger partial charge is 0.123 e. The van der Waals surface area contributed by atoms with Gasteiger partial charge in [-0.2, -0.15) is 0 Å². The molecule has 1 aliphatic rings. The average molecular weight is 301 g/mol. The van der Waals surface area contributed by atoms with Crippen molar-refractivity contribution in [2.75, 3.05) is 0 Å². The quantitative estimate of drug-likeness (QED) is 0.686. The zero-order valence-electron chi connectivity index (χ0n) is 8.51. The molecule has 16 heavy (non-hydrogen) atoms. The molecule has 3 heteroatoms. The Balaban J connectivity index is 2.46. The second-order valence-corrected chi connectivity index (χ2v) is 4.56. The Kier molecular flexibility index (Phi) is 3.82. The van der Waals surface area contributed by atoms with E-state index in [0.717, 1.165) is 23.1 Å². The van der Waals surface area contributed by atoms with Crippen molar-refractivity contribution < 1.29 is 4.39 Å². The standard InChI is InChI=1S/C13H10BrClF/c14-8-10-4-5-12(16)7-13(10)9-2-1-3-11(15)6-9/h2-7H,1,8H2. The first kappa shape index (κ1) is 11.9. The van der Waals surface area contributed by atoms with E-state index in [2.05, 4.69) is 15.9 Å². The summed E-state index contributed by atoms with van der Waals surface area (Å²) in [7, 11) is 0. The van der Waals surface area contributed by atoms with Crippen molar-refractivity contribution in [1.29, 1.82) is 0 Å². The van der Waals surface area contributed by atoms with Crippen LogP contribution in [0.1, 0.15) is 17.5 Å². The van der Waals surface area contributed by atoms with Crippen LogP contribution >= 0.6 is 27.5 Å². The van der Waals surface area contributed by atoms with Crippen molar-refractivity contribution in [3.05, 3.63) is 58.7 Å². The lowest BCUT2D eigenvalue weighted by Gasteiger charge is -2.14. The lowest BCUT2D eigenvalue weighted by atomic mass is 9.94. The third kappa shape index (κ3) is 2.55. The first-order valence-electron chi connectivity index (χ1n) is 4.96. The Bertz CT molecular complexity index is 463. The second kappa shape index (κ2) is 5.15. The Morgan fingerprint density at radius 2 is 2.19 bits per heavy atom. The largest absolute Gasteiger partial charge is 0.207 e. The summed E-state index contributed by atoms with van der Waals surface area (Å²) in [4.78, 5) is 0. The molecule has 0 atom stereocenters. The monoisotopic (exact) mass is 299 g/mol. The van der Waals surface area contributed by atoms with E-state index in [9.17, 15) is 4.39 Å². The van der Waals surface area contributed by atoms with Gasteiger partial charge in [-0.15, -0.1) is 0 Å². The van der Waals surface area contributed by atoms with Gasteiger partial charge < -0.3 is 0 Å². The van der Waals surface area contributed by atoms with Gasteiger partial charge in [-0.3, -0.25) is 0 Å². The summed E-state index contributed by atoms with van der Waals surface area (Å²) < 4.78 is 13.2. The predicted octanol–water partition coefficient (Wildman–Crippen LogP) is 4.83. The van der Waals surface area contributed by atoms with Gasteiger partial charge in [-0.1, -0.05) is 39.7 Å². The molecule has 0 saturated heterocycles. The fourth-order valence-electron chi connectivity index (χ4n) is 1.69. The zero-order valence-corrected chi connectivity index (χ0v) is 10.9. The van der Waals surface area contributed by atoms with Gasteiger partial charge in [0.1, 0.15) is 5.82 Å². The van der Waals surface area contributed by atoms with Gasteiger partial charge in [0.05, 0.1) is 0 Å². The van der Waals surface area contributed by atoms with Crippen LogP contribution < -0.4 is 0 Å². The van der Waals surface area contributed by atoms with Crippen LogP contribution in [0.4, 0.5) is 4.39 Å². The summed E-state index contributed by atoms with van der Waals surface area (Å²) in [5.41, 5.74) is 2.96. The molecular weight excluding hydrogens is 290 g/mol. The first-order valence-corrected chi connectivity index (χ1v) is 6.46. The highest BCUT2D eigenvalue weighted by atomic mass is 79.9. The fourth-order valence-corrected chi connectivity index (χ4v) is 2.38. The van der Waals surface area contributed by atoms with Crippen molar-refractivity contribution >= 4 is 33.1 Å². The normalized spacial score (nSPS) is 15.7. The average Bonchev–Trinajstić information content (AvgIpc) is 2.29. The fraction of sp³-hybridized carbons (Fsp3) is 0.154. The third-order valence-electron chi connectivity index (χ3n) is 2.47. The summed E-state index contributed by atoms with van der Waals surface area (Å²) in [6.07, 6.45) is 6.64. The highest BCUT2D eigenvalue weighted by Crippen LogP contribution is 2.30. The van der Waals surface area contributed by atoms with E-state index in [4.69, 9.17) is 11.6 Å². The van der Waals surface area contributed by atoms with Crippen LogP contribution in [-0.2, 0) is 5.33 Å². The van der Waals surface area contributed by atoms with Gasteiger partial charge in [0, 0.05) is 10.4 Å². The molecule has 1 aliphatic carbocycles. The minimum Gasteiger partial charge on any atom is -0.207 e. The van der Waals surface area contributed by atoms with E-state index < -0.39 is 0 Å². The molecule has 0 unspecified atom stereocenters. The molecule has 0 nitrogen and oxygen atoms in total. The van der Waals surface area contributed by atoms with E-state index in [-0.39, 0.29) is 5.82 Å². The van der Waals surface area contributed by atoms with Crippen molar-refractivity contribution in [3.8, 4) is 0 Å². The SMILES string of the molecule is Fc1ccc(CBr)c(C2=CC(Cl)=CC[CH]2)c1. The lowest BCUT2D eigenvalue weighted by Crippen LogP contribution is -1.96. The predicted molar refractivity (Wildman–Crippen MR) is 69.9 cm³/mol. The summed E-state index contributed by atoms with van der Waals surface area (Å²) in [5.74, 6) is -0.223. The number of rotatable bonds is 2. The van der Waals surface area contributed by atoms with E-state index in [1.54, 1.807) is 12.1 Å². The third-order valence-corrected chi connectivity index (χ3v) is 3.34. The maximum atomic E-state index is 13.2. The van der Waals surface area contributed by atoms with Crippen molar-refractivity contribution in [1.82, 2.24) is 0 Å². The first-order chi connectivity index (χ1) is 7.70. The second-order valence-electron chi connectivity index (χ2n) is 3.56. The van der Waals surface area contributed by atoms with E-state index in [1.807, 2.05) is 18.6 Å². The molecule has 0 spiro atoms. The number of allylic oxidation sites excluding steroid dienone is 4. The maximum Gasteiger partial charge on any atom is 0.123 e. The van der Waals surface area contributed by atoms with Crippen LogP contribution in [0.2, 0.25) is 0 Å². The Labute approximate surface area is 108 Å². The van der Waals surface area contributed by atoms with Crippen LogP contribution in [0.3, 0.4) is 0 Å². The molecule has 1 aromatic carbocycles. The Morgan fingerprint density at radius 3 is 2.88 bits per heavy atom. The molecule has 0 heterocycles. The highest BCUT2D eigenvalue weighted by Gasteiger charge is 2.11. The lowest BCUT2D eigenvalue weighted by molar-refractivity contribution is 0.627. The van der Waals surface area contributed by atoms with Gasteiger partial charge in [0.2, 0.25) is 0 Å². The number of halogens is 3. The molecule has 0 aliphatic heterocycles. The number of hydrogen-bond donors (Lipinski definition) is 0. The summed E-state index contributed by atoms with van der Waals surface area (Å²) in [5, 5.41) is 1.41. The van der Waals surface area contributed by atoms with Crippen LogP contribution in [0.5, 0.6) is 0 Å². The van der Waals surface area contributed by atoms with Gasteiger partial charge in [-0.25, -0.2) is 4.39 Å². The number of hydrogen-bond acceptors (Lipinski definition) is 0. The number of alkyl halides is 1. The summed E-state index contributed by atoms with van der Waals surface area (Å²) in [6.45, 7) is 0. The van der Waals surface area contributed by atoms with Crippen LogP contribution in [-0.4, -0.2) is 0 Å². The maximum absolute atomic E-state index is 13.2. The van der Waals surface area contributed by atoms with E-state index >= 15 is 0 Å². The summed E-state index contributed by atoms with van der Waals surface area (Å²) >= 11 is 9.36. The van der Waals surface area contributed by atoms with Gasteiger partial charge in [0.25, 0.3) is 0 Å². The van der Waals surface area contributed by atoms with Crippen molar-refractivity contribution in [3.63, 3.8) is 0 Å². The van der Waals surface area contributed by atoms with Crippen molar-refractivity contribution in [2.45, 2.75) is 11.8 Å². The highest BCUT2D eigenvalue weighted by molar-refractivity contribution is 9.08. The molecule has 1 aromatic rings. The Morgan fingerprint density at radius 1 is 1.38 bits per heavy atom. The molecule has 2 rings (SSSR count). The minimum absolute atomic E-state index is 0.223. The Hall–Kier alpha value is -0.600. The molecule has 0 saturated carbocycles. The molecule has 0 bridgehead atoms. The minimum atomic E-state index is -0.223. The van der Waals surface area contributed by atoms with Crippen molar-refractivity contribution in [2.24, 2.45) is 0 Å². The van der Waals surface area contributed by atoms with E-state index in [0.29, 0.717) is 10.4 Å². The zero-order chi connectivity index (χ0) is 11.5. The number of benzene rings is 1. The molecule has 0 amide bonds. The molecular formula is C13H10BrClF. The molecule has 0 N–H and O–H groups in total. The molecule has 83 valence electrons. The van der Waals surface area contributed by atoms with Gasteiger partial charge >= 0.3 is 0 Å². The van der Waals surface area contributed by atoms with Crippen LogP contribution in [0, 0.1) is 12.2 Å². The van der Waals surface area contributed by atoms with E-state index in [1.165, 1.54) is 6.07 Å². The molecule has 1 radical (unpaired) electrons. The topological polar surface area (TPSA) is 0 Å². The molecule has 0 aromatic heterocycles.